The maximum Gasteiger partial charge on any atom is 0.221 e. The Morgan fingerprint density at radius 3 is 2.76 bits per heavy atom. The predicted octanol–water partition coefficient (Wildman–Crippen LogP) is 1.15. The minimum Gasteiger partial charge on any atom is -0.497 e. The second-order valence-corrected chi connectivity index (χ2v) is 3.62. The molecule has 1 aromatic rings. The summed E-state index contributed by atoms with van der Waals surface area (Å²) in [5, 5.41) is 0. The van der Waals surface area contributed by atoms with Crippen molar-refractivity contribution in [2.45, 2.75) is 19.4 Å². The van der Waals surface area contributed by atoms with Gasteiger partial charge < -0.3 is 15.2 Å². The summed E-state index contributed by atoms with van der Waals surface area (Å²) in [5.41, 5.74) is 5.43. The Labute approximate surface area is 99.5 Å². The molecule has 0 spiro atoms. The summed E-state index contributed by atoms with van der Waals surface area (Å²) in [4.78, 5) is 21.6. The first kappa shape index (κ1) is 13.0. The number of hydrogen-bond acceptors (Lipinski definition) is 4. The summed E-state index contributed by atoms with van der Waals surface area (Å²) in [6, 6.07) is 4.87. The SMILES string of the molecule is COc1ccc(OC(C)CC(N)=O)c(C=O)c1. The molecule has 0 aliphatic heterocycles. The summed E-state index contributed by atoms with van der Waals surface area (Å²) in [5.74, 6) is 0.537. The molecule has 0 bridgehead atoms. The van der Waals surface area contributed by atoms with Gasteiger partial charge in [0.1, 0.15) is 17.6 Å². The molecule has 2 N–H and O–H groups in total. The first-order chi connectivity index (χ1) is 8.06. The van der Waals surface area contributed by atoms with Crippen LogP contribution in [0.5, 0.6) is 11.5 Å². The van der Waals surface area contributed by atoms with Crippen LogP contribution in [0.25, 0.3) is 0 Å². The third kappa shape index (κ3) is 3.79. The van der Waals surface area contributed by atoms with E-state index < -0.39 is 5.91 Å². The lowest BCUT2D eigenvalue weighted by Gasteiger charge is -2.15. The molecule has 5 nitrogen and oxygen atoms in total. The molecule has 1 amide bonds. The number of methoxy groups -OCH3 is 1. The number of hydrogen-bond donors (Lipinski definition) is 1. The van der Waals surface area contributed by atoms with Crippen LogP contribution in [0.1, 0.15) is 23.7 Å². The fraction of sp³-hybridized carbons (Fsp3) is 0.333. The van der Waals surface area contributed by atoms with Gasteiger partial charge in [-0.1, -0.05) is 0 Å². The van der Waals surface area contributed by atoms with E-state index >= 15 is 0 Å². The van der Waals surface area contributed by atoms with Crippen molar-refractivity contribution in [2.24, 2.45) is 5.73 Å². The molecule has 0 fully saturated rings. The third-order valence-electron chi connectivity index (χ3n) is 2.16. The van der Waals surface area contributed by atoms with Crippen LogP contribution in [0.2, 0.25) is 0 Å². The smallest absolute Gasteiger partial charge is 0.221 e. The van der Waals surface area contributed by atoms with Crippen molar-refractivity contribution in [3.63, 3.8) is 0 Å². The van der Waals surface area contributed by atoms with Gasteiger partial charge in [-0.05, 0) is 25.1 Å². The molecular weight excluding hydrogens is 222 g/mol. The molecule has 0 radical (unpaired) electrons. The lowest BCUT2D eigenvalue weighted by atomic mass is 10.2. The summed E-state index contributed by atoms with van der Waals surface area (Å²) in [7, 11) is 1.51. The number of carbonyl (C=O) groups excluding carboxylic acids is 2. The van der Waals surface area contributed by atoms with Gasteiger partial charge in [-0.15, -0.1) is 0 Å². The molecule has 0 saturated heterocycles. The summed E-state index contributed by atoms with van der Waals surface area (Å²) in [6.07, 6.45) is 0.402. The van der Waals surface area contributed by atoms with Gasteiger partial charge in [0.2, 0.25) is 5.91 Å². The number of nitrogens with two attached hydrogens (primary N) is 1. The van der Waals surface area contributed by atoms with Gasteiger partial charge in [-0.25, -0.2) is 0 Å². The Balaban J connectivity index is 2.83. The van der Waals surface area contributed by atoms with Gasteiger partial charge in [0.15, 0.2) is 6.29 Å². The first-order valence-electron chi connectivity index (χ1n) is 5.15. The van der Waals surface area contributed by atoms with E-state index in [9.17, 15) is 9.59 Å². The first-order valence-corrected chi connectivity index (χ1v) is 5.15. The van der Waals surface area contributed by atoms with E-state index in [-0.39, 0.29) is 12.5 Å². The number of ether oxygens (including phenoxy) is 2. The minimum atomic E-state index is -0.446. The molecule has 1 rings (SSSR count). The van der Waals surface area contributed by atoms with Crippen molar-refractivity contribution < 1.29 is 19.1 Å². The highest BCUT2D eigenvalue weighted by Gasteiger charge is 2.11. The average Bonchev–Trinajstić information content (AvgIpc) is 2.28. The van der Waals surface area contributed by atoms with Crippen LogP contribution in [0.3, 0.4) is 0 Å². The summed E-state index contributed by atoms with van der Waals surface area (Å²) in [6.45, 7) is 1.71. The fourth-order valence-corrected chi connectivity index (χ4v) is 1.39. The zero-order chi connectivity index (χ0) is 12.8. The number of aldehydes is 1. The van der Waals surface area contributed by atoms with Crippen LogP contribution < -0.4 is 15.2 Å². The van der Waals surface area contributed by atoms with Gasteiger partial charge in [-0.3, -0.25) is 9.59 Å². The van der Waals surface area contributed by atoms with Crippen molar-refractivity contribution in [2.75, 3.05) is 7.11 Å². The Hall–Kier alpha value is -2.04. The normalized spacial score (nSPS) is 11.6. The molecule has 1 unspecified atom stereocenters. The molecule has 0 saturated carbocycles. The van der Waals surface area contributed by atoms with Gasteiger partial charge in [-0.2, -0.15) is 0 Å². The van der Waals surface area contributed by atoms with E-state index in [1.54, 1.807) is 25.1 Å². The number of rotatable bonds is 6. The molecule has 0 aliphatic carbocycles. The topological polar surface area (TPSA) is 78.6 Å². The maximum absolute atomic E-state index is 10.9. The van der Waals surface area contributed by atoms with Crippen molar-refractivity contribution >= 4 is 12.2 Å². The Morgan fingerprint density at radius 1 is 1.53 bits per heavy atom. The minimum absolute atomic E-state index is 0.102. The Morgan fingerprint density at radius 2 is 2.24 bits per heavy atom. The largest absolute Gasteiger partial charge is 0.497 e. The predicted molar refractivity (Wildman–Crippen MR) is 62.3 cm³/mol. The van der Waals surface area contributed by atoms with Gasteiger partial charge in [0, 0.05) is 0 Å². The van der Waals surface area contributed by atoms with Gasteiger partial charge >= 0.3 is 0 Å². The van der Waals surface area contributed by atoms with E-state index in [0.717, 1.165) is 0 Å². The number of primary amides is 1. The van der Waals surface area contributed by atoms with Crippen LogP contribution in [-0.2, 0) is 4.79 Å². The highest BCUT2D eigenvalue weighted by molar-refractivity contribution is 5.80. The van der Waals surface area contributed by atoms with E-state index in [2.05, 4.69) is 0 Å². The zero-order valence-corrected chi connectivity index (χ0v) is 9.80. The number of benzene rings is 1. The lowest BCUT2D eigenvalue weighted by molar-refractivity contribution is -0.119. The highest BCUT2D eigenvalue weighted by atomic mass is 16.5. The zero-order valence-electron chi connectivity index (χ0n) is 9.80. The lowest BCUT2D eigenvalue weighted by Crippen LogP contribution is -2.22. The second-order valence-electron chi connectivity index (χ2n) is 3.62. The Bertz CT molecular complexity index is 417. The summed E-state index contributed by atoms with van der Waals surface area (Å²) >= 11 is 0. The Kier molecular flexibility index (Phi) is 4.51. The monoisotopic (exact) mass is 237 g/mol. The maximum atomic E-state index is 10.9. The van der Waals surface area contributed by atoms with Crippen molar-refractivity contribution in [3.8, 4) is 11.5 Å². The highest BCUT2D eigenvalue weighted by Crippen LogP contribution is 2.23. The van der Waals surface area contributed by atoms with Crippen LogP contribution in [0.4, 0.5) is 0 Å². The van der Waals surface area contributed by atoms with E-state index in [4.69, 9.17) is 15.2 Å². The van der Waals surface area contributed by atoms with Crippen molar-refractivity contribution in [1.82, 2.24) is 0 Å². The van der Waals surface area contributed by atoms with Gasteiger partial charge in [0.25, 0.3) is 0 Å². The van der Waals surface area contributed by atoms with Crippen LogP contribution in [0, 0.1) is 0 Å². The molecule has 0 aromatic heterocycles. The van der Waals surface area contributed by atoms with Crippen LogP contribution in [-0.4, -0.2) is 25.4 Å². The molecular formula is C12H15NO4. The van der Waals surface area contributed by atoms with Crippen molar-refractivity contribution in [1.29, 1.82) is 0 Å². The summed E-state index contributed by atoms with van der Waals surface area (Å²) < 4.78 is 10.5. The third-order valence-corrected chi connectivity index (χ3v) is 2.16. The van der Waals surface area contributed by atoms with E-state index in [0.29, 0.717) is 23.3 Å². The molecule has 1 aromatic carbocycles. The number of amides is 1. The standard InChI is InChI=1S/C12H15NO4/c1-8(5-12(13)15)17-11-4-3-10(16-2)6-9(11)7-14/h3-4,6-8H,5H2,1-2H3,(H2,13,15). The van der Waals surface area contributed by atoms with Crippen LogP contribution in [0.15, 0.2) is 18.2 Å². The van der Waals surface area contributed by atoms with Crippen LogP contribution >= 0.6 is 0 Å². The van der Waals surface area contributed by atoms with E-state index in [1.807, 2.05) is 0 Å². The number of carbonyl (C=O) groups is 2. The fourth-order valence-electron chi connectivity index (χ4n) is 1.39. The van der Waals surface area contributed by atoms with E-state index in [1.165, 1.54) is 7.11 Å². The van der Waals surface area contributed by atoms with Crippen molar-refractivity contribution in [3.05, 3.63) is 23.8 Å². The molecule has 0 aliphatic rings. The molecule has 1 atom stereocenters. The average molecular weight is 237 g/mol. The molecule has 17 heavy (non-hydrogen) atoms. The molecule has 92 valence electrons. The second kappa shape index (κ2) is 5.89. The molecule has 5 heteroatoms. The van der Waals surface area contributed by atoms with Gasteiger partial charge in [0.05, 0.1) is 19.1 Å². The quantitative estimate of drug-likeness (QED) is 0.753. The molecule has 0 heterocycles.